The van der Waals surface area contributed by atoms with Crippen LogP contribution in [-0.2, 0) is 0 Å². The lowest BCUT2D eigenvalue weighted by Crippen LogP contribution is -2.14. The molecule has 0 aliphatic heterocycles. The smallest absolute Gasteiger partial charge is 0.322 e. The maximum atomic E-state index is 5.09. The molecule has 0 radical (unpaired) electrons. The zero-order valence-corrected chi connectivity index (χ0v) is 12.6. The first-order chi connectivity index (χ1) is 9.76. The Morgan fingerprint density at radius 2 is 2.05 bits per heavy atom. The molecule has 1 unspecified atom stereocenters. The molecule has 0 saturated carbocycles. The third-order valence-electron chi connectivity index (χ3n) is 2.59. The van der Waals surface area contributed by atoms with Crippen LogP contribution in [0.4, 0.5) is 11.9 Å². The van der Waals surface area contributed by atoms with Crippen molar-refractivity contribution in [3.05, 3.63) is 16.6 Å². The number of thiazole rings is 1. The SMILES string of the molecule is CCNc1nc(NC(CC)c2nccs2)nc(OC)n1. The van der Waals surface area contributed by atoms with E-state index in [2.05, 4.69) is 37.5 Å². The summed E-state index contributed by atoms with van der Waals surface area (Å²) in [4.78, 5) is 17.0. The molecule has 2 rings (SSSR count). The normalized spacial score (nSPS) is 11.9. The zero-order valence-electron chi connectivity index (χ0n) is 11.8. The van der Waals surface area contributed by atoms with Crippen LogP contribution in [0.25, 0.3) is 0 Å². The summed E-state index contributed by atoms with van der Waals surface area (Å²) in [5.74, 6) is 0.977. The van der Waals surface area contributed by atoms with Gasteiger partial charge in [-0.05, 0) is 13.3 Å². The fourth-order valence-corrected chi connectivity index (χ4v) is 2.42. The van der Waals surface area contributed by atoms with E-state index in [1.807, 2.05) is 12.3 Å². The molecule has 0 spiro atoms. The standard InChI is InChI=1S/C12H18N6OS/c1-4-8(9-14-6-7-20-9)15-11-16-10(13-5-2)17-12(18-11)19-3/h6-8H,4-5H2,1-3H3,(H2,13,15,16,17,18). The number of nitrogens with one attached hydrogen (secondary N) is 2. The van der Waals surface area contributed by atoms with E-state index in [0.29, 0.717) is 11.9 Å². The van der Waals surface area contributed by atoms with Crippen LogP contribution in [0.5, 0.6) is 6.01 Å². The van der Waals surface area contributed by atoms with Crippen LogP contribution in [0.3, 0.4) is 0 Å². The van der Waals surface area contributed by atoms with Crippen LogP contribution in [-0.4, -0.2) is 33.6 Å². The molecule has 108 valence electrons. The number of hydrogen-bond acceptors (Lipinski definition) is 8. The maximum absolute atomic E-state index is 5.09. The first kappa shape index (κ1) is 14.4. The number of aromatic nitrogens is 4. The number of methoxy groups -OCH3 is 1. The summed E-state index contributed by atoms with van der Waals surface area (Å²) in [6, 6.07) is 0.365. The predicted molar refractivity (Wildman–Crippen MR) is 79.3 cm³/mol. The summed E-state index contributed by atoms with van der Waals surface area (Å²) < 4.78 is 5.09. The van der Waals surface area contributed by atoms with Gasteiger partial charge in [0.25, 0.3) is 0 Å². The number of nitrogens with zero attached hydrogens (tertiary/aromatic N) is 4. The highest BCUT2D eigenvalue weighted by Crippen LogP contribution is 2.23. The number of ether oxygens (including phenoxy) is 1. The molecule has 0 fully saturated rings. The molecule has 2 aromatic heterocycles. The Balaban J connectivity index is 2.20. The molecule has 0 aromatic carbocycles. The first-order valence-corrected chi connectivity index (χ1v) is 7.34. The minimum absolute atomic E-state index is 0.0802. The lowest BCUT2D eigenvalue weighted by molar-refractivity contribution is 0.379. The van der Waals surface area contributed by atoms with Gasteiger partial charge < -0.3 is 15.4 Å². The Hall–Kier alpha value is -1.96. The van der Waals surface area contributed by atoms with Gasteiger partial charge in [0.2, 0.25) is 11.9 Å². The number of anilines is 2. The average molecular weight is 294 g/mol. The summed E-state index contributed by atoms with van der Waals surface area (Å²) in [5, 5.41) is 9.29. The summed E-state index contributed by atoms with van der Waals surface area (Å²) in [6.07, 6.45) is 2.68. The van der Waals surface area contributed by atoms with Crippen LogP contribution >= 0.6 is 11.3 Å². The molecule has 0 aliphatic rings. The van der Waals surface area contributed by atoms with Gasteiger partial charge in [0.05, 0.1) is 13.2 Å². The molecular formula is C12H18N6OS. The van der Waals surface area contributed by atoms with Crippen molar-refractivity contribution in [2.75, 3.05) is 24.3 Å². The van der Waals surface area contributed by atoms with E-state index in [1.165, 1.54) is 7.11 Å². The van der Waals surface area contributed by atoms with Gasteiger partial charge in [-0.25, -0.2) is 4.98 Å². The molecule has 8 heteroatoms. The molecule has 2 N–H and O–H groups in total. The third kappa shape index (κ3) is 3.53. The highest BCUT2D eigenvalue weighted by molar-refractivity contribution is 7.09. The fraction of sp³-hybridized carbons (Fsp3) is 0.500. The second-order valence-electron chi connectivity index (χ2n) is 3.98. The molecule has 2 aromatic rings. The summed E-state index contributed by atoms with van der Waals surface area (Å²) in [7, 11) is 1.53. The van der Waals surface area contributed by atoms with E-state index < -0.39 is 0 Å². The van der Waals surface area contributed by atoms with Crippen LogP contribution in [0.1, 0.15) is 31.3 Å². The molecule has 0 amide bonds. The third-order valence-corrected chi connectivity index (χ3v) is 3.48. The van der Waals surface area contributed by atoms with Crippen molar-refractivity contribution in [2.24, 2.45) is 0 Å². The van der Waals surface area contributed by atoms with Crippen LogP contribution < -0.4 is 15.4 Å². The molecular weight excluding hydrogens is 276 g/mol. The Kier molecular flexibility index (Phi) is 5.05. The van der Waals surface area contributed by atoms with Crippen molar-refractivity contribution in [2.45, 2.75) is 26.3 Å². The van der Waals surface area contributed by atoms with Gasteiger partial charge in [-0.1, -0.05) is 6.92 Å². The molecule has 0 saturated heterocycles. The van der Waals surface area contributed by atoms with Gasteiger partial charge in [0, 0.05) is 18.1 Å². The maximum Gasteiger partial charge on any atom is 0.322 e. The molecule has 7 nitrogen and oxygen atoms in total. The van der Waals surface area contributed by atoms with Gasteiger partial charge in [0.1, 0.15) is 5.01 Å². The second kappa shape index (κ2) is 6.99. The van der Waals surface area contributed by atoms with Crippen LogP contribution in [0.2, 0.25) is 0 Å². The van der Waals surface area contributed by atoms with Gasteiger partial charge in [0.15, 0.2) is 0 Å². The largest absolute Gasteiger partial charge is 0.467 e. The second-order valence-corrected chi connectivity index (χ2v) is 4.90. The summed E-state index contributed by atoms with van der Waals surface area (Å²) >= 11 is 1.61. The minimum Gasteiger partial charge on any atom is -0.467 e. The van der Waals surface area contributed by atoms with Gasteiger partial charge in [-0.3, -0.25) is 0 Å². The molecule has 2 heterocycles. The van der Waals surface area contributed by atoms with Gasteiger partial charge in [-0.2, -0.15) is 15.0 Å². The molecule has 1 atom stereocenters. The summed E-state index contributed by atoms with van der Waals surface area (Å²) in [5.41, 5.74) is 0. The molecule has 20 heavy (non-hydrogen) atoms. The topological polar surface area (TPSA) is 84.9 Å². The average Bonchev–Trinajstić information content (AvgIpc) is 2.99. The van der Waals surface area contributed by atoms with Gasteiger partial charge >= 0.3 is 6.01 Å². The van der Waals surface area contributed by atoms with E-state index >= 15 is 0 Å². The van der Waals surface area contributed by atoms with Gasteiger partial charge in [-0.15, -0.1) is 11.3 Å². The zero-order chi connectivity index (χ0) is 14.4. The molecule has 0 bridgehead atoms. The van der Waals surface area contributed by atoms with Crippen molar-refractivity contribution < 1.29 is 4.74 Å². The first-order valence-electron chi connectivity index (χ1n) is 6.46. The Bertz CT molecular complexity index is 533. The van der Waals surface area contributed by atoms with Crippen molar-refractivity contribution >= 4 is 23.2 Å². The number of hydrogen-bond donors (Lipinski definition) is 2. The Morgan fingerprint density at radius 3 is 2.65 bits per heavy atom. The van der Waals surface area contributed by atoms with E-state index in [-0.39, 0.29) is 12.1 Å². The summed E-state index contributed by atoms with van der Waals surface area (Å²) in [6.45, 7) is 4.80. The Morgan fingerprint density at radius 1 is 1.25 bits per heavy atom. The molecule has 0 aliphatic carbocycles. The van der Waals surface area contributed by atoms with E-state index in [0.717, 1.165) is 18.0 Å². The monoisotopic (exact) mass is 294 g/mol. The Labute approximate surface area is 121 Å². The van der Waals surface area contributed by atoms with Crippen molar-refractivity contribution in [1.29, 1.82) is 0 Å². The van der Waals surface area contributed by atoms with Crippen LogP contribution in [0.15, 0.2) is 11.6 Å². The highest BCUT2D eigenvalue weighted by Gasteiger charge is 2.15. The number of rotatable bonds is 7. The van der Waals surface area contributed by atoms with Crippen molar-refractivity contribution in [3.8, 4) is 6.01 Å². The van der Waals surface area contributed by atoms with Crippen molar-refractivity contribution in [1.82, 2.24) is 19.9 Å². The van der Waals surface area contributed by atoms with E-state index in [1.54, 1.807) is 17.5 Å². The van der Waals surface area contributed by atoms with E-state index in [4.69, 9.17) is 4.74 Å². The predicted octanol–water partition coefficient (Wildman–Crippen LogP) is 2.33. The fourth-order valence-electron chi connectivity index (χ4n) is 1.65. The van der Waals surface area contributed by atoms with E-state index in [9.17, 15) is 0 Å². The van der Waals surface area contributed by atoms with Crippen LogP contribution in [0, 0.1) is 0 Å². The highest BCUT2D eigenvalue weighted by atomic mass is 32.1. The minimum atomic E-state index is 0.0802. The lowest BCUT2D eigenvalue weighted by atomic mass is 10.2. The quantitative estimate of drug-likeness (QED) is 0.810. The lowest BCUT2D eigenvalue weighted by Gasteiger charge is -2.15. The van der Waals surface area contributed by atoms with Crippen molar-refractivity contribution in [3.63, 3.8) is 0 Å².